The molecule has 0 heterocycles. The Kier molecular flexibility index (Phi) is 6.30. The van der Waals surface area contributed by atoms with Gasteiger partial charge in [-0.25, -0.2) is 4.79 Å². The van der Waals surface area contributed by atoms with Gasteiger partial charge in [0.15, 0.2) is 6.10 Å². The molecule has 8 heteroatoms. The fourth-order valence-electron chi connectivity index (χ4n) is 1.89. The Bertz CT molecular complexity index is 753. The number of carbonyl (C=O) groups excluding carboxylic acids is 2. The molecule has 25 heavy (non-hydrogen) atoms. The zero-order valence-electron chi connectivity index (χ0n) is 13.0. The predicted molar refractivity (Wildman–Crippen MR) is 88.0 cm³/mol. The zero-order chi connectivity index (χ0) is 18.4. The second-order valence-electron chi connectivity index (χ2n) is 4.92. The highest BCUT2D eigenvalue weighted by Crippen LogP contribution is 2.22. The number of anilines is 1. The lowest BCUT2D eigenvalue weighted by molar-refractivity contribution is -0.123. The van der Waals surface area contributed by atoms with Gasteiger partial charge in [-0.1, -0.05) is 23.7 Å². The van der Waals surface area contributed by atoms with E-state index in [0.717, 1.165) is 0 Å². The van der Waals surface area contributed by atoms with E-state index >= 15 is 0 Å². The van der Waals surface area contributed by atoms with Crippen LogP contribution in [0.5, 0.6) is 5.75 Å². The maximum atomic E-state index is 12.4. The number of rotatable bonds is 6. The van der Waals surface area contributed by atoms with Gasteiger partial charge in [0.1, 0.15) is 11.3 Å². The average molecular weight is 370 g/mol. The van der Waals surface area contributed by atoms with E-state index in [1.54, 1.807) is 24.3 Å². The number of nitrogens with one attached hydrogen (secondary N) is 1. The molecule has 0 saturated heterocycles. The fourth-order valence-corrected chi connectivity index (χ4v) is 2.01. The van der Waals surface area contributed by atoms with Gasteiger partial charge in [0, 0.05) is 10.7 Å². The molecule has 2 aromatic carbocycles. The minimum absolute atomic E-state index is 0.200. The van der Waals surface area contributed by atoms with Crippen LogP contribution in [0.3, 0.4) is 0 Å². The number of hydrogen-bond acceptors (Lipinski definition) is 4. The molecule has 2 aromatic rings. The molecule has 0 aromatic heterocycles. The van der Waals surface area contributed by atoms with Crippen molar-refractivity contribution in [2.24, 2.45) is 0 Å². The van der Waals surface area contributed by atoms with Gasteiger partial charge in [0.05, 0.1) is 0 Å². The molecular formula is C17H14ClF2NO4. The lowest BCUT2D eigenvalue weighted by Gasteiger charge is -2.15. The average Bonchev–Trinajstić information content (AvgIpc) is 2.56. The summed E-state index contributed by atoms with van der Waals surface area (Å²) in [5, 5.41) is 3.05. The topological polar surface area (TPSA) is 64.6 Å². The molecule has 1 amide bonds. The Hall–Kier alpha value is -2.67. The highest BCUT2D eigenvalue weighted by atomic mass is 35.5. The van der Waals surface area contributed by atoms with Gasteiger partial charge < -0.3 is 14.8 Å². The number of hydrogen-bond donors (Lipinski definition) is 1. The van der Waals surface area contributed by atoms with Crippen LogP contribution < -0.4 is 10.1 Å². The minimum Gasteiger partial charge on any atom is -0.449 e. The SMILES string of the molecule is C[C@@H](OC(=O)c1ccccc1OC(F)F)C(=O)Nc1ccc(Cl)cc1. The van der Waals surface area contributed by atoms with E-state index in [2.05, 4.69) is 10.1 Å². The summed E-state index contributed by atoms with van der Waals surface area (Å²) in [5.41, 5.74) is 0.271. The van der Waals surface area contributed by atoms with E-state index in [0.29, 0.717) is 10.7 Å². The van der Waals surface area contributed by atoms with E-state index in [1.807, 2.05) is 0 Å². The number of amides is 1. The highest BCUT2D eigenvalue weighted by molar-refractivity contribution is 6.30. The van der Waals surface area contributed by atoms with E-state index in [4.69, 9.17) is 16.3 Å². The Morgan fingerprint density at radius 2 is 1.72 bits per heavy atom. The zero-order valence-corrected chi connectivity index (χ0v) is 13.8. The molecule has 132 valence electrons. The summed E-state index contributed by atoms with van der Waals surface area (Å²) in [6.07, 6.45) is -1.15. The molecule has 1 atom stereocenters. The van der Waals surface area contributed by atoms with E-state index in [9.17, 15) is 18.4 Å². The van der Waals surface area contributed by atoms with E-state index in [1.165, 1.54) is 31.2 Å². The standard InChI is InChI=1S/C17H14ClF2NO4/c1-10(15(22)21-12-8-6-11(18)7-9-12)24-16(23)13-4-2-3-5-14(13)25-17(19)20/h2-10,17H,1H3,(H,21,22)/t10-/m1/s1. The van der Waals surface area contributed by atoms with Crippen LogP contribution in [0.25, 0.3) is 0 Å². The quantitative estimate of drug-likeness (QED) is 0.778. The molecule has 0 radical (unpaired) electrons. The van der Waals surface area contributed by atoms with Gasteiger partial charge in [0.2, 0.25) is 0 Å². The second-order valence-corrected chi connectivity index (χ2v) is 5.35. The molecule has 0 aliphatic heterocycles. The molecule has 0 spiro atoms. The fraction of sp³-hybridized carbons (Fsp3) is 0.176. The van der Waals surface area contributed by atoms with Crippen LogP contribution in [0, 0.1) is 0 Å². The first kappa shape index (κ1) is 18.7. The predicted octanol–water partition coefficient (Wildman–Crippen LogP) is 4.13. The summed E-state index contributed by atoms with van der Waals surface area (Å²) in [6, 6.07) is 11.7. The number of halogens is 3. The first-order chi connectivity index (χ1) is 11.9. The van der Waals surface area contributed by atoms with Crippen LogP contribution in [0.4, 0.5) is 14.5 Å². The second kappa shape index (κ2) is 8.43. The molecule has 2 rings (SSSR count). The van der Waals surface area contributed by atoms with Crippen LogP contribution >= 0.6 is 11.6 Å². The van der Waals surface area contributed by atoms with Crippen molar-refractivity contribution in [2.75, 3.05) is 5.32 Å². The van der Waals surface area contributed by atoms with Crippen molar-refractivity contribution < 1.29 is 27.8 Å². The Morgan fingerprint density at radius 3 is 2.36 bits per heavy atom. The van der Waals surface area contributed by atoms with Crippen molar-refractivity contribution in [3.8, 4) is 5.75 Å². The smallest absolute Gasteiger partial charge is 0.387 e. The van der Waals surface area contributed by atoms with Crippen molar-refractivity contribution in [3.05, 3.63) is 59.1 Å². The Balaban J connectivity index is 2.02. The molecule has 0 fully saturated rings. The van der Waals surface area contributed by atoms with Crippen LogP contribution in [-0.2, 0) is 9.53 Å². The summed E-state index contributed by atoms with van der Waals surface area (Å²) >= 11 is 5.75. The number of carbonyl (C=O) groups is 2. The summed E-state index contributed by atoms with van der Waals surface area (Å²) in [5.74, 6) is -1.86. The van der Waals surface area contributed by atoms with Crippen molar-refractivity contribution in [3.63, 3.8) is 0 Å². The Labute approximate surface area is 147 Å². The van der Waals surface area contributed by atoms with Gasteiger partial charge in [-0.05, 0) is 43.3 Å². The first-order valence-electron chi connectivity index (χ1n) is 7.18. The van der Waals surface area contributed by atoms with Gasteiger partial charge in [-0.15, -0.1) is 0 Å². The van der Waals surface area contributed by atoms with Gasteiger partial charge in [0.25, 0.3) is 5.91 Å². The molecular weight excluding hydrogens is 356 g/mol. The largest absolute Gasteiger partial charge is 0.449 e. The lowest BCUT2D eigenvalue weighted by atomic mass is 10.2. The van der Waals surface area contributed by atoms with E-state index in [-0.39, 0.29) is 11.3 Å². The minimum atomic E-state index is -3.08. The maximum absolute atomic E-state index is 12.4. The Morgan fingerprint density at radius 1 is 1.08 bits per heavy atom. The van der Waals surface area contributed by atoms with Crippen LogP contribution in [0.2, 0.25) is 5.02 Å². The number of benzene rings is 2. The lowest BCUT2D eigenvalue weighted by Crippen LogP contribution is -2.30. The van der Waals surface area contributed by atoms with Gasteiger partial charge in [-0.2, -0.15) is 8.78 Å². The highest BCUT2D eigenvalue weighted by Gasteiger charge is 2.22. The van der Waals surface area contributed by atoms with Crippen LogP contribution in [0.1, 0.15) is 17.3 Å². The number of alkyl halides is 2. The van der Waals surface area contributed by atoms with Crippen molar-refractivity contribution in [1.82, 2.24) is 0 Å². The molecule has 0 bridgehead atoms. The normalized spacial score (nSPS) is 11.7. The molecule has 0 aliphatic rings. The summed E-state index contributed by atoms with van der Waals surface area (Å²) in [7, 11) is 0. The van der Waals surface area contributed by atoms with Crippen molar-refractivity contribution >= 4 is 29.2 Å². The monoisotopic (exact) mass is 369 g/mol. The van der Waals surface area contributed by atoms with E-state index < -0.39 is 24.6 Å². The number of esters is 1. The van der Waals surface area contributed by atoms with Gasteiger partial charge >= 0.3 is 12.6 Å². The van der Waals surface area contributed by atoms with Gasteiger partial charge in [-0.3, -0.25) is 4.79 Å². The third kappa shape index (κ3) is 5.42. The van der Waals surface area contributed by atoms with Crippen LogP contribution in [0.15, 0.2) is 48.5 Å². The maximum Gasteiger partial charge on any atom is 0.387 e. The van der Waals surface area contributed by atoms with Crippen molar-refractivity contribution in [1.29, 1.82) is 0 Å². The number of ether oxygens (including phenoxy) is 2. The van der Waals surface area contributed by atoms with Crippen molar-refractivity contribution in [2.45, 2.75) is 19.6 Å². The molecule has 0 aliphatic carbocycles. The third-order valence-electron chi connectivity index (χ3n) is 3.09. The number of para-hydroxylation sites is 1. The summed E-state index contributed by atoms with van der Waals surface area (Å²) < 4.78 is 34.0. The first-order valence-corrected chi connectivity index (χ1v) is 7.56. The van der Waals surface area contributed by atoms with Crippen LogP contribution in [-0.4, -0.2) is 24.6 Å². The summed E-state index contributed by atoms with van der Waals surface area (Å²) in [6.45, 7) is -1.72. The molecule has 1 N–H and O–H groups in total. The molecule has 0 saturated carbocycles. The molecule has 5 nitrogen and oxygen atoms in total. The summed E-state index contributed by atoms with van der Waals surface area (Å²) in [4.78, 5) is 24.2. The third-order valence-corrected chi connectivity index (χ3v) is 3.34. The molecule has 0 unspecified atom stereocenters.